The minimum Gasteiger partial charge on any atom is -0.508 e. The molecular weight excluding hydrogens is 356 g/mol. The van der Waals surface area contributed by atoms with Crippen molar-refractivity contribution in [3.63, 3.8) is 0 Å². The summed E-state index contributed by atoms with van der Waals surface area (Å²) in [7, 11) is 0. The number of aliphatic hydroxyl groups is 1. The summed E-state index contributed by atoms with van der Waals surface area (Å²) in [5.41, 5.74) is 4.84. The largest absolute Gasteiger partial charge is 0.508 e. The molecule has 4 aliphatic carbocycles. The van der Waals surface area contributed by atoms with Gasteiger partial charge in [-0.3, -0.25) is 0 Å². The van der Waals surface area contributed by atoms with Crippen molar-refractivity contribution >= 4 is 5.57 Å². The van der Waals surface area contributed by atoms with Gasteiger partial charge in [0.2, 0.25) is 0 Å². The Morgan fingerprint density at radius 1 is 0.931 bits per heavy atom. The number of hydrogen-bond donors (Lipinski definition) is 2. The molecule has 0 radical (unpaired) electrons. The first-order valence-electron chi connectivity index (χ1n) is 11.3. The summed E-state index contributed by atoms with van der Waals surface area (Å²) < 4.78 is 0. The van der Waals surface area contributed by atoms with E-state index in [9.17, 15) is 10.2 Å². The second kappa shape index (κ2) is 7.65. The maximum Gasteiger partial charge on any atom is 0.119 e. The highest BCUT2D eigenvalue weighted by atomic mass is 16.3. The Hall–Kier alpha value is -2.06. The number of benzene rings is 2. The molecule has 4 aliphatic rings. The van der Waals surface area contributed by atoms with Crippen molar-refractivity contribution in [2.24, 2.45) is 17.8 Å². The lowest BCUT2D eigenvalue weighted by atomic mass is 9.48. The zero-order valence-corrected chi connectivity index (χ0v) is 17.2. The minimum atomic E-state index is 0.0676. The third kappa shape index (κ3) is 3.64. The van der Waals surface area contributed by atoms with Crippen LogP contribution < -0.4 is 0 Å². The van der Waals surface area contributed by atoms with Crippen LogP contribution in [0.15, 0.2) is 54.6 Å². The standard InChI is InChI=1S/C27H32O2/c28-18-24(23-6-2-1-3-7-23)8-4-5-19-9-10-26(29)25(14-19)27-15-20-11-21(16-27)13-22(12-20)17-27/h1-3,6-10,14,20-22,28-29H,4-5,11-13,15-18H2/b24-8-. The van der Waals surface area contributed by atoms with Gasteiger partial charge in [-0.05, 0) is 97.3 Å². The van der Waals surface area contributed by atoms with Crippen LogP contribution in [-0.4, -0.2) is 16.8 Å². The Balaban J connectivity index is 1.35. The van der Waals surface area contributed by atoms with Crippen LogP contribution in [-0.2, 0) is 11.8 Å². The van der Waals surface area contributed by atoms with Crippen LogP contribution in [0.25, 0.3) is 5.57 Å². The van der Waals surface area contributed by atoms with E-state index in [1.54, 1.807) is 0 Å². The predicted molar refractivity (Wildman–Crippen MR) is 118 cm³/mol. The SMILES string of the molecule is OC/C(=C/CCc1ccc(O)c(C23CC4CC(CC(C4)C2)C3)c1)c1ccccc1. The molecule has 0 amide bonds. The van der Waals surface area contributed by atoms with Crippen molar-refractivity contribution in [2.75, 3.05) is 6.61 Å². The van der Waals surface area contributed by atoms with Gasteiger partial charge in [0, 0.05) is 5.56 Å². The highest BCUT2D eigenvalue weighted by Gasteiger charge is 2.52. The summed E-state index contributed by atoms with van der Waals surface area (Å²) in [5.74, 6) is 3.15. The first-order valence-corrected chi connectivity index (χ1v) is 11.3. The quantitative estimate of drug-likeness (QED) is 0.650. The van der Waals surface area contributed by atoms with Crippen LogP contribution in [0.1, 0.15) is 61.6 Å². The first kappa shape index (κ1) is 18.9. The molecule has 152 valence electrons. The maximum atomic E-state index is 10.8. The van der Waals surface area contributed by atoms with Crippen molar-refractivity contribution in [2.45, 2.75) is 56.8 Å². The molecular formula is C27H32O2. The van der Waals surface area contributed by atoms with E-state index in [1.165, 1.54) is 49.7 Å². The predicted octanol–water partition coefficient (Wildman–Crippen LogP) is 5.87. The summed E-state index contributed by atoms with van der Waals surface area (Å²) in [4.78, 5) is 0. The van der Waals surface area contributed by atoms with Gasteiger partial charge >= 0.3 is 0 Å². The molecule has 4 fully saturated rings. The molecule has 0 saturated heterocycles. The summed E-state index contributed by atoms with van der Waals surface area (Å²) >= 11 is 0. The van der Waals surface area contributed by atoms with Gasteiger partial charge < -0.3 is 10.2 Å². The lowest BCUT2D eigenvalue weighted by Crippen LogP contribution is -2.48. The topological polar surface area (TPSA) is 40.5 Å². The third-order valence-corrected chi connectivity index (χ3v) is 7.81. The molecule has 6 rings (SSSR count). The molecule has 0 heterocycles. The molecule has 2 nitrogen and oxygen atoms in total. The summed E-state index contributed by atoms with van der Waals surface area (Å²) in [6.45, 7) is 0.0676. The summed E-state index contributed by atoms with van der Waals surface area (Å²) in [5, 5.41) is 20.5. The molecule has 0 atom stereocenters. The van der Waals surface area contributed by atoms with E-state index in [4.69, 9.17) is 0 Å². The minimum absolute atomic E-state index is 0.0676. The number of phenolic OH excluding ortho intramolecular Hbond substituents is 1. The highest BCUT2D eigenvalue weighted by molar-refractivity contribution is 5.66. The van der Waals surface area contributed by atoms with Crippen LogP contribution in [0.4, 0.5) is 0 Å². The van der Waals surface area contributed by atoms with Crippen molar-refractivity contribution in [3.8, 4) is 5.75 Å². The van der Waals surface area contributed by atoms with Crippen LogP contribution in [0.3, 0.4) is 0 Å². The number of hydrogen-bond acceptors (Lipinski definition) is 2. The van der Waals surface area contributed by atoms with E-state index in [0.29, 0.717) is 5.75 Å². The number of aliphatic hydroxyl groups excluding tert-OH is 1. The fraction of sp³-hybridized carbons (Fsp3) is 0.481. The molecule has 2 N–H and O–H groups in total. The fourth-order valence-electron chi connectivity index (χ4n) is 6.94. The van der Waals surface area contributed by atoms with E-state index in [-0.39, 0.29) is 12.0 Å². The Morgan fingerprint density at radius 2 is 1.59 bits per heavy atom. The van der Waals surface area contributed by atoms with Crippen LogP contribution in [0.2, 0.25) is 0 Å². The number of phenols is 1. The fourth-order valence-corrected chi connectivity index (χ4v) is 6.94. The maximum absolute atomic E-state index is 10.8. The Kier molecular flexibility index (Phi) is 4.99. The van der Waals surface area contributed by atoms with Gasteiger partial charge in [-0.25, -0.2) is 0 Å². The van der Waals surface area contributed by atoms with Crippen molar-refractivity contribution < 1.29 is 10.2 Å². The molecule has 0 unspecified atom stereocenters. The third-order valence-electron chi connectivity index (χ3n) is 7.81. The monoisotopic (exact) mass is 388 g/mol. The normalized spacial score (nSPS) is 30.7. The van der Waals surface area contributed by atoms with Gasteiger partial charge in [0.25, 0.3) is 0 Å². The van der Waals surface area contributed by atoms with Crippen molar-refractivity contribution in [3.05, 3.63) is 71.3 Å². The van der Waals surface area contributed by atoms with E-state index >= 15 is 0 Å². The number of aromatic hydroxyl groups is 1. The van der Waals surface area contributed by atoms with E-state index in [0.717, 1.165) is 41.7 Å². The number of allylic oxidation sites excluding steroid dienone is 1. The van der Waals surface area contributed by atoms with Gasteiger partial charge in [0.05, 0.1) is 6.61 Å². The average molecular weight is 389 g/mol. The molecule has 2 heteroatoms. The molecule has 2 aromatic rings. The molecule has 0 aromatic heterocycles. The second-order valence-electron chi connectivity index (χ2n) is 9.84. The summed E-state index contributed by atoms with van der Waals surface area (Å²) in [6, 6.07) is 16.4. The van der Waals surface area contributed by atoms with Gasteiger partial charge in [0.15, 0.2) is 0 Å². The smallest absolute Gasteiger partial charge is 0.119 e. The van der Waals surface area contributed by atoms with Crippen LogP contribution >= 0.6 is 0 Å². The summed E-state index contributed by atoms with van der Waals surface area (Å²) in [6.07, 6.45) is 12.1. The lowest BCUT2D eigenvalue weighted by molar-refractivity contribution is -0.00616. The van der Waals surface area contributed by atoms with E-state index < -0.39 is 0 Å². The van der Waals surface area contributed by atoms with Gasteiger partial charge in [-0.1, -0.05) is 48.5 Å². The van der Waals surface area contributed by atoms with Gasteiger partial charge in [-0.15, -0.1) is 0 Å². The molecule has 2 aromatic carbocycles. The highest BCUT2D eigenvalue weighted by Crippen LogP contribution is 2.61. The zero-order valence-electron chi connectivity index (χ0n) is 17.2. The Bertz CT molecular complexity index is 861. The molecule has 0 spiro atoms. The van der Waals surface area contributed by atoms with Gasteiger partial charge in [0.1, 0.15) is 5.75 Å². The number of aryl methyl sites for hydroxylation is 1. The Labute approximate surface area is 174 Å². The lowest BCUT2D eigenvalue weighted by Gasteiger charge is -2.57. The first-order chi connectivity index (χ1) is 14.1. The van der Waals surface area contributed by atoms with Gasteiger partial charge in [-0.2, -0.15) is 0 Å². The van der Waals surface area contributed by atoms with Crippen LogP contribution in [0.5, 0.6) is 5.75 Å². The molecule has 29 heavy (non-hydrogen) atoms. The van der Waals surface area contributed by atoms with E-state index in [1.807, 2.05) is 36.4 Å². The van der Waals surface area contributed by atoms with E-state index in [2.05, 4.69) is 18.2 Å². The molecule has 4 saturated carbocycles. The molecule has 4 bridgehead atoms. The zero-order chi connectivity index (χ0) is 19.8. The Morgan fingerprint density at radius 3 is 2.21 bits per heavy atom. The number of rotatable bonds is 6. The van der Waals surface area contributed by atoms with Crippen molar-refractivity contribution in [1.29, 1.82) is 0 Å². The van der Waals surface area contributed by atoms with Crippen molar-refractivity contribution in [1.82, 2.24) is 0 Å². The van der Waals surface area contributed by atoms with Crippen LogP contribution in [0, 0.1) is 17.8 Å². The molecule has 0 aliphatic heterocycles. The second-order valence-corrected chi connectivity index (χ2v) is 9.84. The average Bonchev–Trinajstić information content (AvgIpc) is 2.72.